The molecule has 0 atom stereocenters. The maximum absolute atomic E-state index is 13.8. The predicted octanol–water partition coefficient (Wildman–Crippen LogP) is 14.2. The molecule has 311 valence electrons. The molecule has 6 rings (SSSR count). The summed E-state index contributed by atoms with van der Waals surface area (Å²) >= 11 is 0. The van der Waals surface area contributed by atoms with Crippen molar-refractivity contribution >= 4 is 38.4 Å². The molecule has 0 spiro atoms. The van der Waals surface area contributed by atoms with Gasteiger partial charge in [0.1, 0.15) is 5.82 Å². The van der Waals surface area contributed by atoms with Gasteiger partial charge in [-0.2, -0.15) is 13.2 Å². The van der Waals surface area contributed by atoms with Gasteiger partial charge in [0.05, 0.1) is 22.2 Å². The Balaban J connectivity index is 0.000000398. The van der Waals surface area contributed by atoms with Gasteiger partial charge in [-0.05, 0) is 79.5 Å². The molecule has 6 aromatic rings. The van der Waals surface area contributed by atoms with Crippen LogP contribution in [0.2, 0.25) is 0 Å². The van der Waals surface area contributed by atoms with Crippen molar-refractivity contribution in [2.75, 3.05) is 0 Å². The number of halogens is 4. The zero-order valence-corrected chi connectivity index (χ0v) is 37.3. The van der Waals surface area contributed by atoms with Crippen LogP contribution in [0.3, 0.4) is 0 Å². The van der Waals surface area contributed by atoms with Gasteiger partial charge in [-0.3, -0.25) is 9.78 Å². The summed E-state index contributed by atoms with van der Waals surface area (Å²) in [5.74, 6) is 0.198. The van der Waals surface area contributed by atoms with E-state index in [1.165, 1.54) is 37.6 Å². The second kappa shape index (κ2) is 18.7. The number of pyridine rings is 1. The van der Waals surface area contributed by atoms with E-state index in [-0.39, 0.29) is 61.1 Å². The van der Waals surface area contributed by atoms with Crippen LogP contribution in [-0.2, 0) is 36.7 Å². The molecule has 9 heteroatoms. The predicted molar refractivity (Wildman–Crippen MR) is 226 cm³/mol. The maximum atomic E-state index is 13.8. The van der Waals surface area contributed by atoms with Gasteiger partial charge in [0.15, 0.2) is 5.78 Å². The van der Waals surface area contributed by atoms with Crippen LogP contribution in [0.25, 0.3) is 49.5 Å². The fourth-order valence-electron chi connectivity index (χ4n) is 7.47. The standard InChI is InChI=1S/C36H31F4N2.C13H24O2.Ir/c1-34(2,3)30-18-24(17-23-8-6-7-9-27(23)30)31-19-29-28-16-22(20-35(4,5)36(38,39)40)10-15-32(28)42(33(29)21-41-31)26-13-11-25(37)12-14-26;1-5-10(6-2)12(14)9-13(15)11(7-3)8-4;/h6-16,18-19,21H,20H2,1-5H3;9-11,14H,5-8H2,1-4H3;/q-1;;/b;12-9-;. The molecule has 4 nitrogen and oxygen atoms in total. The number of alkyl halides is 3. The topological polar surface area (TPSA) is 55.1 Å². The van der Waals surface area contributed by atoms with Crippen LogP contribution in [0.5, 0.6) is 0 Å². The first-order valence-electron chi connectivity index (χ1n) is 20.0. The first-order chi connectivity index (χ1) is 26.8. The number of fused-ring (bicyclic) bond motifs is 4. The van der Waals surface area contributed by atoms with Gasteiger partial charge in [-0.1, -0.05) is 104 Å². The molecule has 0 bridgehead atoms. The summed E-state index contributed by atoms with van der Waals surface area (Å²) in [5.41, 5.74) is 3.66. The van der Waals surface area contributed by atoms with Gasteiger partial charge < -0.3 is 9.67 Å². The monoisotopic (exact) mass is 972 g/mol. The van der Waals surface area contributed by atoms with Crippen LogP contribution in [0.15, 0.2) is 96.9 Å². The summed E-state index contributed by atoms with van der Waals surface area (Å²) in [5, 5.41) is 13.6. The number of hydrogen-bond donors (Lipinski definition) is 1. The van der Waals surface area contributed by atoms with Crippen molar-refractivity contribution in [3.8, 4) is 16.9 Å². The molecular weight excluding hydrogens is 917 g/mol. The second-order valence-electron chi connectivity index (χ2n) is 16.7. The molecule has 2 heterocycles. The summed E-state index contributed by atoms with van der Waals surface area (Å²) in [6, 6.07) is 27.4. The van der Waals surface area contributed by atoms with E-state index in [2.05, 4.69) is 39.0 Å². The quantitative estimate of drug-likeness (QED) is 0.0609. The average Bonchev–Trinajstić information content (AvgIpc) is 3.47. The van der Waals surface area contributed by atoms with E-state index in [1.807, 2.05) is 68.7 Å². The molecule has 0 aliphatic rings. The van der Waals surface area contributed by atoms with E-state index >= 15 is 0 Å². The fourth-order valence-corrected chi connectivity index (χ4v) is 7.47. The molecule has 0 aliphatic carbocycles. The van der Waals surface area contributed by atoms with Crippen LogP contribution < -0.4 is 0 Å². The van der Waals surface area contributed by atoms with Crippen LogP contribution in [0.1, 0.15) is 99.1 Å². The first-order valence-corrected chi connectivity index (χ1v) is 20.0. The van der Waals surface area contributed by atoms with Gasteiger partial charge in [-0.15, -0.1) is 29.1 Å². The molecular formula is C49H55F4IrN2O2-. The van der Waals surface area contributed by atoms with Crippen molar-refractivity contribution in [3.05, 3.63) is 120 Å². The van der Waals surface area contributed by atoms with E-state index < -0.39 is 11.6 Å². The molecule has 0 saturated heterocycles. The number of carbonyl (C=O) groups is 1. The molecule has 1 radical (unpaired) electrons. The van der Waals surface area contributed by atoms with Crippen molar-refractivity contribution in [1.82, 2.24) is 9.55 Å². The van der Waals surface area contributed by atoms with Crippen molar-refractivity contribution in [2.24, 2.45) is 17.3 Å². The number of ketones is 1. The summed E-state index contributed by atoms with van der Waals surface area (Å²) in [7, 11) is 0. The van der Waals surface area contributed by atoms with Gasteiger partial charge >= 0.3 is 6.18 Å². The Labute approximate surface area is 354 Å². The van der Waals surface area contributed by atoms with Crippen LogP contribution in [-0.4, -0.2) is 26.6 Å². The minimum atomic E-state index is -4.34. The summed E-state index contributed by atoms with van der Waals surface area (Å²) in [6.45, 7) is 17.1. The third-order valence-electron chi connectivity index (χ3n) is 11.2. The van der Waals surface area contributed by atoms with Crippen LogP contribution in [0, 0.1) is 29.1 Å². The van der Waals surface area contributed by atoms with Gasteiger partial charge in [-0.25, -0.2) is 4.39 Å². The maximum Gasteiger partial charge on any atom is 0.394 e. The normalized spacial score (nSPS) is 12.6. The Hall–Kier alpha value is -4.33. The summed E-state index contributed by atoms with van der Waals surface area (Å²) in [4.78, 5) is 16.6. The van der Waals surface area contributed by atoms with Crippen molar-refractivity contribution < 1.29 is 47.6 Å². The number of carbonyl (C=O) groups excluding carboxylic acids is 1. The molecule has 2 aromatic heterocycles. The van der Waals surface area contributed by atoms with E-state index in [9.17, 15) is 27.5 Å². The summed E-state index contributed by atoms with van der Waals surface area (Å²) < 4.78 is 57.1. The molecule has 0 unspecified atom stereocenters. The molecule has 0 aliphatic heterocycles. The second-order valence-corrected chi connectivity index (χ2v) is 16.7. The molecule has 0 amide bonds. The van der Waals surface area contributed by atoms with Gasteiger partial charge in [0.25, 0.3) is 0 Å². The molecule has 0 saturated carbocycles. The SMILES string of the molecule is CC(C)(C)c1cc(-c2cc3c4cc(CC(C)(C)C(F)(F)F)ccc4n(-c4ccc(F)cc4)c3cn2)[c-]c2ccccc12.CCC(CC)C(=O)/C=C(\O)C(CC)CC.[Ir]. The van der Waals surface area contributed by atoms with E-state index in [0.717, 1.165) is 75.2 Å². The van der Waals surface area contributed by atoms with Crippen LogP contribution in [0.4, 0.5) is 17.6 Å². The van der Waals surface area contributed by atoms with Crippen molar-refractivity contribution in [2.45, 2.75) is 106 Å². The van der Waals surface area contributed by atoms with E-state index in [1.54, 1.807) is 24.4 Å². The van der Waals surface area contributed by atoms with Crippen molar-refractivity contribution in [1.29, 1.82) is 0 Å². The third-order valence-corrected chi connectivity index (χ3v) is 11.2. The van der Waals surface area contributed by atoms with Gasteiger partial charge in [0.2, 0.25) is 0 Å². The largest absolute Gasteiger partial charge is 0.512 e. The fraction of sp³-hybridized carbons (Fsp3) is 0.388. The molecule has 1 N–H and O–H groups in total. The van der Waals surface area contributed by atoms with E-state index in [4.69, 9.17) is 4.98 Å². The smallest absolute Gasteiger partial charge is 0.394 e. The number of benzene rings is 4. The average molecular weight is 972 g/mol. The van der Waals surface area contributed by atoms with E-state index in [0.29, 0.717) is 5.56 Å². The Kier molecular flexibility index (Phi) is 15.0. The Morgan fingerprint density at radius 3 is 1.98 bits per heavy atom. The number of aliphatic hydroxyl groups excluding tert-OH is 1. The number of aromatic nitrogens is 2. The summed E-state index contributed by atoms with van der Waals surface area (Å²) in [6.07, 6.45) is 2.20. The zero-order valence-electron chi connectivity index (χ0n) is 34.9. The molecule has 4 aromatic carbocycles. The Morgan fingerprint density at radius 2 is 1.40 bits per heavy atom. The third kappa shape index (κ3) is 10.1. The minimum absolute atomic E-state index is 0. The number of nitrogens with zero attached hydrogens (tertiary/aromatic N) is 2. The van der Waals surface area contributed by atoms with Crippen molar-refractivity contribution in [3.63, 3.8) is 0 Å². The van der Waals surface area contributed by atoms with Crippen LogP contribution >= 0.6 is 0 Å². The first kappa shape index (κ1) is 46.4. The minimum Gasteiger partial charge on any atom is -0.512 e. The van der Waals surface area contributed by atoms with Gasteiger partial charge in [0, 0.05) is 66.4 Å². The number of aliphatic hydroxyl groups is 1. The zero-order chi connectivity index (χ0) is 41.9. The molecule has 0 fully saturated rings. The number of rotatable bonds is 11. The number of hydrogen-bond acceptors (Lipinski definition) is 3. The Bertz CT molecular complexity index is 2380. The number of allylic oxidation sites excluding steroid dienone is 2. The molecule has 58 heavy (non-hydrogen) atoms. The Morgan fingerprint density at radius 1 is 0.793 bits per heavy atom.